The smallest absolute Gasteiger partial charge is 0.336 e. The van der Waals surface area contributed by atoms with Crippen molar-refractivity contribution in [3.05, 3.63) is 142 Å². The minimum Gasteiger partial charge on any atom is -0.472 e. The number of rotatable bonds is 7. The molecule has 1 aromatic heterocycles. The summed E-state index contributed by atoms with van der Waals surface area (Å²) >= 11 is 0. The van der Waals surface area contributed by atoms with Crippen molar-refractivity contribution >= 4 is 21.6 Å². The lowest BCUT2D eigenvalue weighted by Crippen LogP contribution is -2.55. The Morgan fingerprint density at radius 2 is 1.54 bits per heavy atom. The van der Waals surface area contributed by atoms with Crippen molar-refractivity contribution in [2.24, 2.45) is 0 Å². The van der Waals surface area contributed by atoms with Crippen molar-refractivity contribution in [2.75, 3.05) is 5.32 Å². The Labute approximate surface area is 279 Å². The van der Waals surface area contributed by atoms with Gasteiger partial charge in [0.15, 0.2) is 9.92 Å². The number of nitrogens with one attached hydrogen (secondary N) is 2. The molecular formula is C38H36FN5O3S. The molecule has 3 atom stereocenters. The molecule has 2 N–H and O–H groups in total. The normalized spacial score (nSPS) is 19.1. The number of benzene rings is 4. The number of carbonyl (C=O) groups is 1. The zero-order valence-corrected chi connectivity index (χ0v) is 27.4. The van der Waals surface area contributed by atoms with E-state index in [9.17, 15) is 9.17 Å². The lowest BCUT2D eigenvalue weighted by atomic mass is 9.77. The third-order valence-electron chi connectivity index (χ3n) is 9.82. The van der Waals surface area contributed by atoms with Crippen LogP contribution in [0, 0.1) is 4.78 Å². The number of hydrogen-bond acceptors (Lipinski definition) is 5. The molecule has 2 amide bonds. The van der Waals surface area contributed by atoms with E-state index in [4.69, 9.17) is 4.74 Å². The fourth-order valence-corrected chi connectivity index (χ4v) is 9.58. The highest BCUT2D eigenvalue weighted by molar-refractivity contribution is 7.90. The molecule has 244 valence electrons. The quantitative estimate of drug-likeness (QED) is 0.177. The van der Waals surface area contributed by atoms with E-state index in [1.54, 1.807) is 4.68 Å². The molecule has 3 aliphatic rings. The number of aromatic nitrogens is 2. The maximum Gasteiger partial charge on any atom is 0.336 e. The van der Waals surface area contributed by atoms with Crippen LogP contribution in [0.25, 0.3) is 0 Å². The second-order valence-electron chi connectivity index (χ2n) is 12.9. The fraction of sp³-hybridized carbons (Fsp3) is 0.263. The van der Waals surface area contributed by atoms with Crippen LogP contribution in [-0.4, -0.2) is 36.6 Å². The summed E-state index contributed by atoms with van der Waals surface area (Å²) in [6.45, 7) is 2.32. The van der Waals surface area contributed by atoms with Gasteiger partial charge >= 0.3 is 6.03 Å². The van der Waals surface area contributed by atoms with Crippen LogP contribution in [0.5, 0.6) is 5.88 Å². The van der Waals surface area contributed by atoms with Crippen molar-refractivity contribution in [2.45, 2.75) is 68.3 Å². The third-order valence-corrected chi connectivity index (χ3v) is 11.7. The van der Waals surface area contributed by atoms with Crippen LogP contribution in [0.15, 0.2) is 108 Å². The maximum atomic E-state index is 15.7. The number of aryl methyl sites for hydroxylation is 1. The average molecular weight is 662 g/mol. The summed E-state index contributed by atoms with van der Waals surface area (Å²) in [6, 6.07) is 29.6. The van der Waals surface area contributed by atoms with Crippen molar-refractivity contribution in [3.8, 4) is 5.88 Å². The molecule has 2 unspecified atom stereocenters. The van der Waals surface area contributed by atoms with Crippen LogP contribution >= 0.6 is 0 Å². The summed E-state index contributed by atoms with van der Waals surface area (Å²) in [7, 11) is -4.23. The molecule has 2 aliphatic carbocycles. The zero-order chi connectivity index (χ0) is 33.0. The number of ether oxygens (including phenoxy) is 1. The molecule has 0 bridgehead atoms. The van der Waals surface area contributed by atoms with Crippen LogP contribution in [0.1, 0.15) is 52.3 Å². The summed E-state index contributed by atoms with van der Waals surface area (Å²) < 4.78 is 49.4. The summed E-state index contributed by atoms with van der Waals surface area (Å²) in [6.07, 6.45) is 3.11. The highest BCUT2D eigenvalue weighted by atomic mass is 32.2. The standard InChI is InChI=1S/C38H36FN5O3S/c1-25-24-43-36(47-25)34(23-41-43)48(40,46)44(37(45)42-35-32-19-11-12-26(32)20-27-21-31(39)22-33(27)35)38(28-13-5-2-6-14-28,29-15-7-3-8-16-29)30-17-9-4-10-18-30/h2-10,13-18,20,23,25,31,40H,11-12,19,21-22,24H2,1H3,(H,42,45)/t25?,31-,48?/m0/s1. The van der Waals surface area contributed by atoms with E-state index in [0.717, 1.165) is 41.5 Å². The van der Waals surface area contributed by atoms with E-state index in [1.807, 2.05) is 97.9 Å². The molecular weight excluding hydrogens is 626 g/mol. The Morgan fingerprint density at radius 3 is 2.15 bits per heavy atom. The predicted molar refractivity (Wildman–Crippen MR) is 182 cm³/mol. The molecule has 4 aromatic carbocycles. The summed E-state index contributed by atoms with van der Waals surface area (Å²) in [4.78, 5) is 15.4. The molecule has 0 fully saturated rings. The Morgan fingerprint density at radius 1 is 0.938 bits per heavy atom. The van der Waals surface area contributed by atoms with Gasteiger partial charge in [-0.05, 0) is 65.1 Å². The van der Waals surface area contributed by atoms with Gasteiger partial charge in [0, 0.05) is 18.5 Å². The first kappa shape index (κ1) is 30.4. The second-order valence-corrected chi connectivity index (χ2v) is 14.7. The van der Waals surface area contributed by atoms with Gasteiger partial charge in [-0.2, -0.15) is 5.10 Å². The van der Waals surface area contributed by atoms with Gasteiger partial charge in [0.05, 0.1) is 12.7 Å². The van der Waals surface area contributed by atoms with Crippen molar-refractivity contribution in [1.29, 1.82) is 4.78 Å². The van der Waals surface area contributed by atoms with Crippen molar-refractivity contribution in [1.82, 2.24) is 14.1 Å². The van der Waals surface area contributed by atoms with Gasteiger partial charge < -0.3 is 10.1 Å². The van der Waals surface area contributed by atoms with Crippen molar-refractivity contribution in [3.63, 3.8) is 0 Å². The third kappa shape index (κ3) is 4.72. The Kier molecular flexibility index (Phi) is 7.36. The second kappa shape index (κ2) is 11.6. The number of amides is 2. The molecule has 10 heteroatoms. The molecule has 0 spiro atoms. The van der Waals surface area contributed by atoms with Crippen LogP contribution in [0.3, 0.4) is 0 Å². The first-order valence-corrected chi connectivity index (χ1v) is 17.9. The number of alkyl halides is 1. The Bertz CT molecular complexity index is 2020. The van der Waals surface area contributed by atoms with E-state index in [1.165, 1.54) is 10.5 Å². The minimum absolute atomic E-state index is 0.0153. The van der Waals surface area contributed by atoms with Gasteiger partial charge in [0.2, 0.25) is 5.88 Å². The number of hydrogen-bond donors (Lipinski definition) is 2. The molecule has 8 rings (SSSR count). The lowest BCUT2D eigenvalue weighted by Gasteiger charge is -2.45. The summed E-state index contributed by atoms with van der Waals surface area (Å²) in [5.41, 5.74) is 4.72. The number of carbonyl (C=O) groups excluding carboxylic acids is 1. The van der Waals surface area contributed by atoms with Crippen LogP contribution < -0.4 is 10.1 Å². The largest absolute Gasteiger partial charge is 0.472 e. The van der Waals surface area contributed by atoms with E-state index < -0.39 is 27.7 Å². The molecule has 5 aromatic rings. The molecule has 1 aliphatic heterocycles. The van der Waals surface area contributed by atoms with Crippen LogP contribution in [-0.2, 0) is 47.7 Å². The number of nitrogens with zero attached hydrogens (tertiary/aromatic N) is 3. The minimum atomic E-state index is -4.23. The first-order chi connectivity index (χ1) is 23.3. The number of anilines is 1. The fourth-order valence-electron chi connectivity index (χ4n) is 7.83. The molecule has 2 heterocycles. The van der Waals surface area contributed by atoms with Gasteiger partial charge in [-0.3, -0.25) is 0 Å². The molecule has 48 heavy (non-hydrogen) atoms. The molecule has 0 radical (unpaired) electrons. The summed E-state index contributed by atoms with van der Waals surface area (Å²) in [5.74, 6) is 0.213. The lowest BCUT2D eigenvalue weighted by molar-refractivity contribution is 0.217. The van der Waals surface area contributed by atoms with Gasteiger partial charge in [-0.1, -0.05) is 97.1 Å². The highest BCUT2D eigenvalue weighted by Crippen LogP contribution is 2.48. The summed E-state index contributed by atoms with van der Waals surface area (Å²) in [5, 5.41) is 7.61. The maximum absolute atomic E-state index is 15.7. The van der Waals surface area contributed by atoms with E-state index in [-0.39, 0.29) is 23.3 Å². The first-order valence-electron chi connectivity index (χ1n) is 16.4. The topological polar surface area (TPSA) is 100 Å². The van der Waals surface area contributed by atoms with Crippen LogP contribution in [0.4, 0.5) is 14.9 Å². The zero-order valence-electron chi connectivity index (χ0n) is 26.6. The monoisotopic (exact) mass is 661 g/mol. The molecule has 8 nitrogen and oxygen atoms in total. The van der Waals surface area contributed by atoms with Gasteiger partial charge in [0.1, 0.15) is 22.7 Å². The number of halogens is 1. The average Bonchev–Trinajstić information content (AvgIpc) is 3.88. The van der Waals surface area contributed by atoms with E-state index >= 15 is 9.00 Å². The Hall–Kier alpha value is -4.96. The van der Waals surface area contributed by atoms with Gasteiger partial charge in [0.25, 0.3) is 0 Å². The predicted octanol–water partition coefficient (Wildman–Crippen LogP) is 7.44. The van der Waals surface area contributed by atoms with Gasteiger partial charge in [-0.25, -0.2) is 27.2 Å². The van der Waals surface area contributed by atoms with E-state index in [2.05, 4.69) is 16.5 Å². The highest BCUT2D eigenvalue weighted by Gasteiger charge is 2.51. The molecule has 0 saturated heterocycles. The number of urea groups is 1. The van der Waals surface area contributed by atoms with E-state index in [0.29, 0.717) is 35.3 Å². The van der Waals surface area contributed by atoms with Gasteiger partial charge in [-0.15, -0.1) is 0 Å². The van der Waals surface area contributed by atoms with Crippen molar-refractivity contribution < 1.29 is 18.1 Å². The Balaban J connectivity index is 1.42. The molecule has 0 saturated carbocycles. The number of fused-ring (bicyclic) bond motifs is 3. The van der Waals surface area contributed by atoms with Crippen LogP contribution in [0.2, 0.25) is 0 Å². The SMILES string of the molecule is CC1Cn2ncc(S(=N)(=O)N(C(=O)Nc3c4c(cc5c3C[C@@H](F)C5)CCC4)C(c3ccccc3)(c3ccccc3)c3ccccc3)c2O1.